The number of carbonyl (C=O) groups is 1. The van der Waals surface area contributed by atoms with Crippen molar-refractivity contribution < 1.29 is 9.53 Å². The molecule has 0 aliphatic heterocycles. The number of ether oxygens (including phenoxy) is 1. The average Bonchev–Trinajstić information content (AvgIpc) is 2.66. The fraction of sp³-hybridized carbons (Fsp3) is 0.167. The monoisotopic (exact) mass is 410 g/mol. The Morgan fingerprint density at radius 3 is 2.68 bits per heavy atom. The Morgan fingerprint density at radius 1 is 1.42 bits per heavy atom. The molecule has 0 unspecified atom stereocenters. The van der Waals surface area contributed by atoms with Crippen molar-refractivity contribution in [2.45, 2.75) is 6.92 Å². The fourth-order valence-electron chi connectivity index (χ4n) is 1.60. The van der Waals surface area contributed by atoms with Crippen LogP contribution >= 0.6 is 45.8 Å². The van der Waals surface area contributed by atoms with Crippen LogP contribution in [0.15, 0.2) is 18.2 Å². The third-order valence-corrected chi connectivity index (χ3v) is 4.39. The molecular weight excluding hydrogens is 402 g/mol. The van der Waals surface area contributed by atoms with Crippen LogP contribution in [0.1, 0.15) is 16.2 Å². The second-order valence-electron chi connectivity index (χ2n) is 3.75. The molecule has 0 radical (unpaired) electrons. The highest BCUT2D eigenvalue weighted by molar-refractivity contribution is 14.1. The quantitative estimate of drug-likeness (QED) is 0.557. The third-order valence-electron chi connectivity index (χ3n) is 2.56. The van der Waals surface area contributed by atoms with Gasteiger partial charge in [-0.2, -0.15) is 5.10 Å². The van der Waals surface area contributed by atoms with E-state index in [1.165, 1.54) is 7.11 Å². The number of rotatable bonds is 2. The summed E-state index contributed by atoms with van der Waals surface area (Å²) in [5.41, 5.74) is 1.74. The molecular formula is C12H9Cl2IN2O2. The second kappa shape index (κ2) is 5.68. The second-order valence-corrected chi connectivity index (χ2v) is 5.67. The van der Waals surface area contributed by atoms with Gasteiger partial charge in [0.15, 0.2) is 5.69 Å². The van der Waals surface area contributed by atoms with Gasteiger partial charge in [0.05, 0.1) is 27.1 Å². The van der Waals surface area contributed by atoms with Crippen LogP contribution in [-0.4, -0.2) is 22.9 Å². The lowest BCUT2D eigenvalue weighted by atomic mass is 10.3. The molecule has 0 aliphatic carbocycles. The molecule has 2 aromatic rings. The Kier molecular flexibility index (Phi) is 4.37. The molecule has 1 aromatic heterocycles. The smallest absolute Gasteiger partial charge is 0.359 e. The van der Waals surface area contributed by atoms with E-state index < -0.39 is 5.97 Å². The molecule has 0 amide bonds. The lowest BCUT2D eigenvalue weighted by Gasteiger charge is -2.06. The number of benzene rings is 1. The van der Waals surface area contributed by atoms with Gasteiger partial charge in [-0.1, -0.05) is 23.2 Å². The van der Waals surface area contributed by atoms with Crippen LogP contribution in [0.3, 0.4) is 0 Å². The van der Waals surface area contributed by atoms with Crippen LogP contribution in [0.25, 0.3) is 5.69 Å². The van der Waals surface area contributed by atoms with Crippen LogP contribution in [0.5, 0.6) is 0 Å². The molecule has 0 N–H and O–H groups in total. The number of nitrogens with zero attached hydrogens (tertiary/aromatic N) is 2. The molecule has 4 nitrogen and oxygen atoms in total. The first kappa shape index (κ1) is 14.6. The molecule has 0 fully saturated rings. The highest BCUT2D eigenvalue weighted by atomic mass is 127. The van der Waals surface area contributed by atoms with Gasteiger partial charge in [-0.3, -0.25) is 0 Å². The van der Waals surface area contributed by atoms with Crippen LogP contribution in [0.4, 0.5) is 0 Å². The molecule has 0 aliphatic rings. The minimum Gasteiger partial charge on any atom is -0.464 e. The molecule has 1 aromatic carbocycles. The zero-order valence-corrected chi connectivity index (χ0v) is 13.7. The van der Waals surface area contributed by atoms with Gasteiger partial charge in [0.25, 0.3) is 0 Å². The zero-order valence-electron chi connectivity index (χ0n) is 10.1. The minimum absolute atomic E-state index is 0.270. The number of aromatic nitrogens is 2. The van der Waals surface area contributed by atoms with Crippen LogP contribution < -0.4 is 0 Å². The molecule has 0 saturated carbocycles. The largest absolute Gasteiger partial charge is 0.464 e. The summed E-state index contributed by atoms with van der Waals surface area (Å²) in [6.45, 7) is 1.85. The Hall–Kier alpha value is -0.790. The topological polar surface area (TPSA) is 44.1 Å². The minimum atomic E-state index is -0.476. The number of hydrogen-bond donors (Lipinski definition) is 0. The van der Waals surface area contributed by atoms with E-state index in [1.807, 2.05) is 6.92 Å². The van der Waals surface area contributed by atoms with Gasteiger partial charge in [0.1, 0.15) is 0 Å². The summed E-state index contributed by atoms with van der Waals surface area (Å²) in [5, 5.41) is 5.25. The van der Waals surface area contributed by atoms with Crippen LogP contribution in [0, 0.1) is 10.5 Å². The Labute approximate surface area is 133 Å². The maximum absolute atomic E-state index is 11.6. The number of esters is 1. The molecule has 1 heterocycles. The standard InChI is InChI=1S/C12H9Cl2IN2O2/c1-6-10(15)11(12(18)19-2)16-17(6)9-4-3-7(13)5-8(9)14/h3-5H,1-2H3. The molecule has 19 heavy (non-hydrogen) atoms. The average molecular weight is 411 g/mol. The first-order valence-electron chi connectivity index (χ1n) is 5.24. The summed E-state index contributed by atoms with van der Waals surface area (Å²) < 4.78 is 7.03. The van der Waals surface area contributed by atoms with Gasteiger partial charge >= 0.3 is 5.97 Å². The molecule has 0 saturated heterocycles. The van der Waals surface area contributed by atoms with E-state index >= 15 is 0 Å². The highest BCUT2D eigenvalue weighted by Crippen LogP contribution is 2.27. The van der Waals surface area contributed by atoms with E-state index in [1.54, 1.807) is 22.9 Å². The van der Waals surface area contributed by atoms with Crippen molar-refractivity contribution in [2.24, 2.45) is 0 Å². The van der Waals surface area contributed by atoms with E-state index in [-0.39, 0.29) is 5.69 Å². The summed E-state index contributed by atoms with van der Waals surface area (Å²) >= 11 is 14.1. The molecule has 0 atom stereocenters. The van der Waals surface area contributed by atoms with E-state index in [0.717, 1.165) is 9.26 Å². The van der Waals surface area contributed by atoms with Crippen LogP contribution in [-0.2, 0) is 4.74 Å². The first-order chi connectivity index (χ1) is 8.95. The maximum Gasteiger partial charge on any atom is 0.359 e. The van der Waals surface area contributed by atoms with Crippen molar-refractivity contribution in [3.8, 4) is 5.69 Å². The van der Waals surface area contributed by atoms with Crippen molar-refractivity contribution >= 4 is 51.8 Å². The number of methoxy groups -OCH3 is 1. The van der Waals surface area contributed by atoms with Gasteiger partial charge in [-0.05, 0) is 47.7 Å². The van der Waals surface area contributed by atoms with Gasteiger partial charge in [-0.25, -0.2) is 9.48 Å². The normalized spacial score (nSPS) is 10.6. The molecule has 100 valence electrons. The SMILES string of the molecule is COC(=O)c1nn(-c2ccc(Cl)cc2Cl)c(C)c1I. The highest BCUT2D eigenvalue weighted by Gasteiger charge is 2.21. The lowest BCUT2D eigenvalue weighted by molar-refractivity contribution is 0.0592. The van der Waals surface area contributed by atoms with Crippen molar-refractivity contribution in [2.75, 3.05) is 7.11 Å². The third kappa shape index (κ3) is 2.73. The fourth-order valence-corrected chi connectivity index (χ4v) is 2.64. The predicted octanol–water partition coefficient (Wildman–Crippen LogP) is 3.88. The van der Waals surface area contributed by atoms with Gasteiger partial charge in [-0.15, -0.1) is 0 Å². The lowest BCUT2D eigenvalue weighted by Crippen LogP contribution is -2.05. The Morgan fingerprint density at radius 2 is 2.11 bits per heavy atom. The van der Waals surface area contributed by atoms with E-state index in [4.69, 9.17) is 27.9 Å². The van der Waals surface area contributed by atoms with Crippen molar-refractivity contribution in [3.05, 3.63) is 43.2 Å². The summed E-state index contributed by atoms with van der Waals surface area (Å²) in [7, 11) is 1.32. The number of hydrogen-bond acceptors (Lipinski definition) is 3. The first-order valence-corrected chi connectivity index (χ1v) is 7.08. The number of carbonyl (C=O) groups excluding carboxylic acids is 1. The van der Waals surface area contributed by atoms with Crippen molar-refractivity contribution in [1.82, 2.24) is 9.78 Å². The summed E-state index contributed by atoms with van der Waals surface area (Å²) in [5.74, 6) is -0.476. The zero-order chi connectivity index (χ0) is 14.2. The predicted molar refractivity (Wildman–Crippen MR) is 82.4 cm³/mol. The molecule has 7 heteroatoms. The van der Waals surface area contributed by atoms with Crippen molar-refractivity contribution in [1.29, 1.82) is 0 Å². The summed E-state index contributed by atoms with van der Waals surface area (Å²) in [6, 6.07) is 5.10. The van der Waals surface area contributed by atoms with E-state index in [0.29, 0.717) is 15.7 Å². The van der Waals surface area contributed by atoms with E-state index in [9.17, 15) is 4.79 Å². The number of halogens is 3. The summed E-state index contributed by atoms with van der Waals surface area (Å²) in [6.07, 6.45) is 0. The molecule has 2 rings (SSSR count). The van der Waals surface area contributed by atoms with Crippen LogP contribution in [0.2, 0.25) is 10.0 Å². The molecule has 0 bridgehead atoms. The van der Waals surface area contributed by atoms with Gasteiger partial charge < -0.3 is 4.74 Å². The van der Waals surface area contributed by atoms with Gasteiger partial charge in [0.2, 0.25) is 0 Å². The van der Waals surface area contributed by atoms with Crippen molar-refractivity contribution in [3.63, 3.8) is 0 Å². The van der Waals surface area contributed by atoms with E-state index in [2.05, 4.69) is 27.7 Å². The molecule has 0 spiro atoms. The maximum atomic E-state index is 11.6. The van der Waals surface area contributed by atoms with Gasteiger partial charge in [0, 0.05) is 5.02 Å². The summed E-state index contributed by atoms with van der Waals surface area (Å²) in [4.78, 5) is 11.6. The Balaban J connectivity index is 2.60. The Bertz CT molecular complexity index is 655.